The van der Waals surface area contributed by atoms with E-state index in [1.54, 1.807) is 0 Å². The summed E-state index contributed by atoms with van der Waals surface area (Å²) in [5.74, 6) is 0.105. The highest BCUT2D eigenvalue weighted by molar-refractivity contribution is 9.10. The van der Waals surface area contributed by atoms with Gasteiger partial charge < -0.3 is 5.32 Å². The first kappa shape index (κ1) is 13.7. The Kier molecular flexibility index (Phi) is 4.28. The molecule has 6 nitrogen and oxygen atoms in total. The number of nitro groups is 1. The van der Waals surface area contributed by atoms with E-state index in [2.05, 4.69) is 31.2 Å². The Labute approximate surface area is 122 Å². The lowest BCUT2D eigenvalue weighted by Crippen LogP contribution is -2.05. The van der Waals surface area contributed by atoms with E-state index in [0.717, 1.165) is 10.0 Å². The molecule has 0 aliphatic rings. The van der Waals surface area contributed by atoms with Crippen LogP contribution in [0.15, 0.2) is 35.1 Å². The van der Waals surface area contributed by atoms with Crippen molar-refractivity contribution in [3.8, 4) is 0 Å². The topological polar surface area (TPSA) is 81.0 Å². The van der Waals surface area contributed by atoms with Gasteiger partial charge in [-0.3, -0.25) is 10.1 Å². The van der Waals surface area contributed by atoms with E-state index in [1.165, 1.54) is 6.33 Å². The molecule has 1 heterocycles. The molecule has 0 bridgehead atoms. The standard InChI is InChI=1S/C11H8BrClN4O2/c12-8-3-1-7(2-4-8)5-14-11-9(17(18)19)10(13)15-6-16-11/h1-4,6H,5H2,(H,14,15,16). The van der Waals surface area contributed by atoms with Crippen LogP contribution < -0.4 is 5.32 Å². The molecule has 0 aliphatic heterocycles. The van der Waals surface area contributed by atoms with Crippen molar-refractivity contribution >= 4 is 39.0 Å². The quantitative estimate of drug-likeness (QED) is 0.522. The maximum absolute atomic E-state index is 10.9. The summed E-state index contributed by atoms with van der Waals surface area (Å²) in [5, 5.41) is 13.6. The summed E-state index contributed by atoms with van der Waals surface area (Å²) in [6, 6.07) is 7.56. The van der Waals surface area contributed by atoms with Gasteiger partial charge in [-0.05, 0) is 17.7 Å². The van der Waals surface area contributed by atoms with Crippen molar-refractivity contribution in [2.75, 3.05) is 5.32 Å². The zero-order valence-electron chi connectivity index (χ0n) is 9.51. The maximum Gasteiger partial charge on any atom is 0.348 e. The molecule has 19 heavy (non-hydrogen) atoms. The van der Waals surface area contributed by atoms with Crippen LogP contribution in [0.1, 0.15) is 5.56 Å². The van der Waals surface area contributed by atoms with Gasteiger partial charge in [0.15, 0.2) is 0 Å². The molecule has 0 atom stereocenters. The predicted octanol–water partition coefficient (Wildman–Crippen LogP) is 3.41. The van der Waals surface area contributed by atoms with E-state index in [4.69, 9.17) is 11.6 Å². The van der Waals surface area contributed by atoms with E-state index in [1.807, 2.05) is 24.3 Å². The van der Waals surface area contributed by atoms with Crippen LogP contribution in [0.4, 0.5) is 11.5 Å². The van der Waals surface area contributed by atoms with Crippen LogP contribution in [0.25, 0.3) is 0 Å². The van der Waals surface area contributed by atoms with Gasteiger partial charge in [0.25, 0.3) is 0 Å². The summed E-state index contributed by atoms with van der Waals surface area (Å²) < 4.78 is 0.965. The number of rotatable bonds is 4. The molecule has 0 saturated carbocycles. The van der Waals surface area contributed by atoms with Crippen molar-refractivity contribution in [1.29, 1.82) is 0 Å². The molecule has 1 aromatic heterocycles. The summed E-state index contributed by atoms with van der Waals surface area (Å²) in [7, 11) is 0. The number of aromatic nitrogens is 2. The normalized spacial score (nSPS) is 10.2. The van der Waals surface area contributed by atoms with Gasteiger partial charge >= 0.3 is 5.69 Å². The molecule has 2 aromatic rings. The van der Waals surface area contributed by atoms with Crippen LogP contribution >= 0.6 is 27.5 Å². The zero-order valence-corrected chi connectivity index (χ0v) is 11.8. The number of nitrogens with one attached hydrogen (secondary N) is 1. The van der Waals surface area contributed by atoms with Crippen LogP contribution in [-0.2, 0) is 6.54 Å². The molecule has 1 aromatic carbocycles. The molecule has 0 aliphatic carbocycles. The van der Waals surface area contributed by atoms with Crippen LogP contribution in [0.2, 0.25) is 5.15 Å². The molecule has 0 spiro atoms. The highest BCUT2D eigenvalue weighted by atomic mass is 79.9. The minimum Gasteiger partial charge on any atom is -0.360 e. The van der Waals surface area contributed by atoms with E-state index in [0.29, 0.717) is 6.54 Å². The maximum atomic E-state index is 10.9. The molecule has 0 fully saturated rings. The predicted molar refractivity (Wildman–Crippen MR) is 75.2 cm³/mol. The van der Waals surface area contributed by atoms with E-state index in [-0.39, 0.29) is 16.7 Å². The lowest BCUT2D eigenvalue weighted by Gasteiger charge is -2.06. The highest BCUT2D eigenvalue weighted by Gasteiger charge is 2.21. The van der Waals surface area contributed by atoms with Gasteiger partial charge in [0.1, 0.15) is 6.33 Å². The SMILES string of the molecule is O=[N+]([O-])c1c(Cl)ncnc1NCc1ccc(Br)cc1. The minimum absolute atomic E-state index is 0.105. The third-order valence-corrected chi connectivity index (χ3v) is 3.14. The largest absolute Gasteiger partial charge is 0.360 e. The van der Waals surface area contributed by atoms with Crippen LogP contribution in [0.5, 0.6) is 0 Å². The average molecular weight is 344 g/mol. The number of benzene rings is 1. The van der Waals surface area contributed by atoms with Crippen molar-refractivity contribution < 1.29 is 4.92 Å². The average Bonchev–Trinajstić information content (AvgIpc) is 2.37. The molecule has 98 valence electrons. The number of hydrogen-bond donors (Lipinski definition) is 1. The Morgan fingerprint density at radius 1 is 1.32 bits per heavy atom. The summed E-state index contributed by atoms with van der Waals surface area (Å²) in [6.07, 6.45) is 1.18. The molecule has 0 saturated heterocycles. The Hall–Kier alpha value is -1.73. The van der Waals surface area contributed by atoms with Crippen LogP contribution in [0, 0.1) is 10.1 Å². The summed E-state index contributed by atoms with van der Waals surface area (Å²) in [5.41, 5.74) is 0.647. The Balaban J connectivity index is 2.18. The fourth-order valence-corrected chi connectivity index (χ4v) is 1.90. The molecule has 2 rings (SSSR count). The lowest BCUT2D eigenvalue weighted by molar-refractivity contribution is -0.384. The lowest BCUT2D eigenvalue weighted by atomic mass is 10.2. The van der Waals surface area contributed by atoms with Crippen LogP contribution in [-0.4, -0.2) is 14.9 Å². The van der Waals surface area contributed by atoms with Gasteiger partial charge in [0.2, 0.25) is 11.0 Å². The minimum atomic E-state index is -0.605. The second-order valence-corrected chi connectivity index (χ2v) is 4.87. The smallest absolute Gasteiger partial charge is 0.348 e. The first-order valence-corrected chi connectivity index (χ1v) is 6.38. The molecule has 0 unspecified atom stereocenters. The Morgan fingerprint density at radius 3 is 2.63 bits per heavy atom. The van der Waals surface area contributed by atoms with Crippen molar-refractivity contribution in [2.45, 2.75) is 6.54 Å². The first-order valence-electron chi connectivity index (χ1n) is 5.21. The van der Waals surface area contributed by atoms with Crippen molar-refractivity contribution in [3.05, 3.63) is 55.9 Å². The Morgan fingerprint density at radius 2 is 2.00 bits per heavy atom. The molecular weight excluding hydrogens is 336 g/mol. The van der Waals surface area contributed by atoms with E-state index >= 15 is 0 Å². The fourth-order valence-electron chi connectivity index (χ4n) is 1.44. The summed E-state index contributed by atoms with van der Waals surface area (Å²) >= 11 is 9.02. The van der Waals surface area contributed by atoms with E-state index < -0.39 is 4.92 Å². The molecule has 1 N–H and O–H groups in total. The third-order valence-electron chi connectivity index (χ3n) is 2.33. The molecule has 0 amide bonds. The number of halogens is 2. The van der Waals surface area contributed by atoms with Gasteiger partial charge in [-0.25, -0.2) is 9.97 Å². The van der Waals surface area contributed by atoms with Gasteiger partial charge in [-0.15, -0.1) is 0 Å². The molecule has 0 radical (unpaired) electrons. The second kappa shape index (κ2) is 5.94. The number of nitrogens with zero attached hydrogens (tertiary/aromatic N) is 3. The molecule has 8 heteroatoms. The van der Waals surface area contributed by atoms with Gasteiger partial charge in [-0.2, -0.15) is 0 Å². The number of hydrogen-bond acceptors (Lipinski definition) is 5. The second-order valence-electron chi connectivity index (χ2n) is 3.60. The zero-order chi connectivity index (χ0) is 13.8. The van der Waals surface area contributed by atoms with Gasteiger partial charge in [-0.1, -0.05) is 39.7 Å². The third kappa shape index (κ3) is 3.39. The number of anilines is 1. The van der Waals surface area contributed by atoms with Gasteiger partial charge in [0, 0.05) is 11.0 Å². The monoisotopic (exact) mass is 342 g/mol. The van der Waals surface area contributed by atoms with Crippen molar-refractivity contribution in [1.82, 2.24) is 9.97 Å². The van der Waals surface area contributed by atoms with Crippen molar-refractivity contribution in [2.24, 2.45) is 0 Å². The summed E-state index contributed by atoms with van der Waals surface area (Å²) in [6.45, 7) is 0.404. The first-order chi connectivity index (χ1) is 9.08. The van der Waals surface area contributed by atoms with E-state index in [9.17, 15) is 10.1 Å². The van der Waals surface area contributed by atoms with Crippen molar-refractivity contribution in [3.63, 3.8) is 0 Å². The highest BCUT2D eigenvalue weighted by Crippen LogP contribution is 2.28. The van der Waals surface area contributed by atoms with Crippen LogP contribution in [0.3, 0.4) is 0 Å². The Bertz CT molecular complexity index is 606. The van der Waals surface area contributed by atoms with Gasteiger partial charge in [0.05, 0.1) is 4.92 Å². The molecular formula is C11H8BrClN4O2. The fraction of sp³-hybridized carbons (Fsp3) is 0.0909. The summed E-state index contributed by atoms with van der Waals surface area (Å²) in [4.78, 5) is 17.7.